The van der Waals surface area contributed by atoms with E-state index in [1.165, 1.54) is 7.05 Å². The maximum atomic E-state index is 13.1. The van der Waals surface area contributed by atoms with E-state index in [0.29, 0.717) is 30.9 Å². The Bertz CT molecular complexity index is 1360. The molecule has 3 heterocycles. The first-order chi connectivity index (χ1) is 17.6. The number of hydrogen-bond donors (Lipinski definition) is 2. The highest BCUT2D eigenvalue weighted by molar-refractivity contribution is 7.10. The predicted octanol–water partition coefficient (Wildman–Crippen LogP) is 3.70. The van der Waals surface area contributed by atoms with Gasteiger partial charge in [-0.3, -0.25) is 9.59 Å². The molecule has 2 amide bonds. The van der Waals surface area contributed by atoms with Gasteiger partial charge in [0.2, 0.25) is 5.82 Å². The zero-order valence-corrected chi connectivity index (χ0v) is 20.5. The molecule has 2 aromatic carbocycles. The summed E-state index contributed by atoms with van der Waals surface area (Å²) in [5, 5.41) is 12.5. The largest absolute Gasteiger partial charge is 0.381 e. The molecule has 5 rings (SSSR count). The second-order valence-electron chi connectivity index (χ2n) is 8.56. The van der Waals surface area contributed by atoms with E-state index in [1.807, 2.05) is 30.3 Å². The van der Waals surface area contributed by atoms with Crippen molar-refractivity contribution in [1.82, 2.24) is 25.8 Å². The summed E-state index contributed by atoms with van der Waals surface area (Å²) in [7, 11) is 1.48. The van der Waals surface area contributed by atoms with Gasteiger partial charge in [0.05, 0.1) is 5.69 Å². The molecule has 0 radical (unpaired) electrons. The van der Waals surface area contributed by atoms with Crippen LogP contribution < -0.4 is 10.6 Å². The Kier molecular flexibility index (Phi) is 6.88. The fourth-order valence-corrected chi connectivity index (χ4v) is 5.27. The zero-order chi connectivity index (χ0) is 25.0. The van der Waals surface area contributed by atoms with Gasteiger partial charge in [0.1, 0.15) is 5.01 Å². The molecule has 0 bridgehead atoms. The van der Waals surface area contributed by atoms with Crippen LogP contribution in [-0.2, 0) is 10.2 Å². The van der Waals surface area contributed by atoms with Gasteiger partial charge in [-0.1, -0.05) is 47.6 Å². The van der Waals surface area contributed by atoms with E-state index in [-0.39, 0.29) is 23.0 Å². The SMILES string of the molecule is CNC(=O)c1nc(-c2cccc(C(=O)NCC3(c4nc(-c5ccccc5)cs4)CCOCC3)c2)no1. The highest BCUT2D eigenvalue weighted by Gasteiger charge is 2.38. The van der Waals surface area contributed by atoms with Gasteiger partial charge in [0.15, 0.2) is 0 Å². The van der Waals surface area contributed by atoms with Crippen LogP contribution in [0.15, 0.2) is 64.5 Å². The third-order valence-electron chi connectivity index (χ3n) is 6.29. The van der Waals surface area contributed by atoms with E-state index in [0.717, 1.165) is 29.1 Å². The average Bonchev–Trinajstić information content (AvgIpc) is 3.64. The summed E-state index contributed by atoms with van der Waals surface area (Å²) in [5.74, 6) is -0.581. The molecule has 36 heavy (non-hydrogen) atoms. The minimum absolute atomic E-state index is 0.137. The summed E-state index contributed by atoms with van der Waals surface area (Å²) >= 11 is 1.63. The summed E-state index contributed by atoms with van der Waals surface area (Å²) in [6.45, 7) is 1.69. The van der Waals surface area contributed by atoms with Crippen molar-refractivity contribution in [3.8, 4) is 22.6 Å². The topological polar surface area (TPSA) is 119 Å². The van der Waals surface area contributed by atoms with E-state index >= 15 is 0 Å². The van der Waals surface area contributed by atoms with E-state index in [2.05, 4.69) is 26.2 Å². The third kappa shape index (κ3) is 4.91. The van der Waals surface area contributed by atoms with Crippen LogP contribution in [0.2, 0.25) is 0 Å². The number of nitrogens with one attached hydrogen (secondary N) is 2. The van der Waals surface area contributed by atoms with Crippen molar-refractivity contribution in [2.45, 2.75) is 18.3 Å². The molecule has 0 unspecified atom stereocenters. The Labute approximate surface area is 211 Å². The molecule has 1 saturated heterocycles. The lowest BCUT2D eigenvalue weighted by Gasteiger charge is -2.35. The van der Waals surface area contributed by atoms with Crippen molar-refractivity contribution in [3.63, 3.8) is 0 Å². The summed E-state index contributed by atoms with van der Waals surface area (Å²) in [4.78, 5) is 33.9. The van der Waals surface area contributed by atoms with Gasteiger partial charge < -0.3 is 19.9 Å². The molecule has 9 nitrogen and oxygen atoms in total. The standard InChI is InChI=1S/C26H25N5O4S/c1-27-23(33)24-30-21(31-35-24)18-8-5-9-19(14-18)22(32)28-16-26(10-12-34-13-11-26)25-29-20(15-36-25)17-6-3-2-4-7-17/h2-9,14-15H,10-13,16H2,1H3,(H,27,33)(H,28,32). The fraction of sp³-hybridized carbons (Fsp3) is 0.269. The van der Waals surface area contributed by atoms with Crippen LogP contribution >= 0.6 is 11.3 Å². The van der Waals surface area contributed by atoms with Crippen LogP contribution in [-0.4, -0.2) is 53.7 Å². The van der Waals surface area contributed by atoms with Gasteiger partial charge in [0.25, 0.3) is 5.91 Å². The Morgan fingerprint density at radius 1 is 1.00 bits per heavy atom. The number of rotatable bonds is 7. The van der Waals surface area contributed by atoms with Crippen LogP contribution in [0.5, 0.6) is 0 Å². The van der Waals surface area contributed by atoms with Crippen molar-refractivity contribution < 1.29 is 18.8 Å². The number of thiazole rings is 1. The van der Waals surface area contributed by atoms with Crippen LogP contribution in [0.4, 0.5) is 0 Å². The van der Waals surface area contributed by atoms with Crippen LogP contribution in [0.3, 0.4) is 0 Å². The minimum atomic E-state index is -0.470. The maximum absolute atomic E-state index is 13.1. The lowest BCUT2D eigenvalue weighted by Crippen LogP contribution is -2.44. The number of nitrogens with zero attached hydrogens (tertiary/aromatic N) is 3. The zero-order valence-electron chi connectivity index (χ0n) is 19.7. The minimum Gasteiger partial charge on any atom is -0.381 e. The second-order valence-corrected chi connectivity index (χ2v) is 9.42. The second kappa shape index (κ2) is 10.4. The lowest BCUT2D eigenvalue weighted by molar-refractivity contribution is 0.0486. The first kappa shape index (κ1) is 23.8. The van der Waals surface area contributed by atoms with Crippen molar-refractivity contribution in [1.29, 1.82) is 0 Å². The number of carbonyl (C=O) groups excluding carboxylic acids is 2. The van der Waals surface area contributed by atoms with Crippen LogP contribution in [0.25, 0.3) is 22.6 Å². The molecule has 1 fully saturated rings. The average molecular weight is 504 g/mol. The van der Waals surface area contributed by atoms with Gasteiger partial charge >= 0.3 is 11.8 Å². The quantitative estimate of drug-likeness (QED) is 0.395. The summed E-state index contributed by atoms with van der Waals surface area (Å²) < 4.78 is 10.6. The highest BCUT2D eigenvalue weighted by atomic mass is 32.1. The van der Waals surface area contributed by atoms with Gasteiger partial charge in [-0.15, -0.1) is 11.3 Å². The van der Waals surface area contributed by atoms with E-state index < -0.39 is 5.91 Å². The van der Waals surface area contributed by atoms with Crippen LogP contribution in [0, 0.1) is 0 Å². The molecule has 4 aromatic rings. The lowest BCUT2D eigenvalue weighted by atomic mass is 9.80. The first-order valence-electron chi connectivity index (χ1n) is 11.6. The molecule has 2 N–H and O–H groups in total. The van der Waals surface area contributed by atoms with Gasteiger partial charge in [-0.05, 0) is 25.0 Å². The Morgan fingerprint density at radius 3 is 2.56 bits per heavy atom. The Hall–Kier alpha value is -3.89. The van der Waals surface area contributed by atoms with Gasteiger partial charge in [-0.25, -0.2) is 4.98 Å². The Balaban J connectivity index is 1.33. The first-order valence-corrected chi connectivity index (χ1v) is 12.5. The number of benzene rings is 2. The molecule has 0 atom stereocenters. The van der Waals surface area contributed by atoms with Crippen molar-refractivity contribution in [2.75, 3.05) is 26.8 Å². The molecule has 0 saturated carbocycles. The summed E-state index contributed by atoms with van der Waals surface area (Å²) in [6.07, 6.45) is 1.56. The summed E-state index contributed by atoms with van der Waals surface area (Å²) in [6, 6.07) is 17.0. The molecule has 10 heteroatoms. The predicted molar refractivity (Wildman–Crippen MR) is 135 cm³/mol. The molecular formula is C26H25N5O4S. The fourth-order valence-electron chi connectivity index (χ4n) is 4.18. The molecule has 2 aromatic heterocycles. The number of ether oxygens (including phenoxy) is 1. The number of carbonyl (C=O) groups is 2. The third-order valence-corrected chi connectivity index (χ3v) is 7.38. The van der Waals surface area contributed by atoms with Crippen LogP contribution in [0.1, 0.15) is 38.9 Å². The van der Waals surface area contributed by atoms with Gasteiger partial charge in [0, 0.05) is 54.3 Å². The molecule has 1 aliphatic heterocycles. The monoisotopic (exact) mass is 503 g/mol. The highest BCUT2D eigenvalue weighted by Crippen LogP contribution is 2.38. The molecule has 1 aliphatic rings. The molecular weight excluding hydrogens is 478 g/mol. The van der Waals surface area contributed by atoms with E-state index in [4.69, 9.17) is 14.2 Å². The number of amides is 2. The maximum Gasteiger partial charge on any atom is 0.316 e. The molecule has 0 aliphatic carbocycles. The van der Waals surface area contributed by atoms with Crippen molar-refractivity contribution in [3.05, 3.63) is 76.4 Å². The van der Waals surface area contributed by atoms with Gasteiger partial charge in [-0.2, -0.15) is 4.98 Å². The van der Waals surface area contributed by atoms with Crippen molar-refractivity contribution >= 4 is 23.2 Å². The normalized spacial score (nSPS) is 14.8. The van der Waals surface area contributed by atoms with Crippen molar-refractivity contribution in [2.24, 2.45) is 0 Å². The molecule has 184 valence electrons. The number of hydrogen-bond acceptors (Lipinski definition) is 8. The molecule has 0 spiro atoms. The summed E-state index contributed by atoms with van der Waals surface area (Å²) in [5.41, 5.74) is 2.76. The number of aromatic nitrogens is 3. The van der Waals surface area contributed by atoms with E-state index in [9.17, 15) is 9.59 Å². The smallest absolute Gasteiger partial charge is 0.316 e. The Morgan fingerprint density at radius 2 is 1.78 bits per heavy atom. The van der Waals surface area contributed by atoms with E-state index in [1.54, 1.807) is 35.6 Å².